The van der Waals surface area contributed by atoms with Gasteiger partial charge in [0.2, 0.25) is 0 Å². The second kappa shape index (κ2) is 3.85. The van der Waals surface area contributed by atoms with E-state index in [0.29, 0.717) is 0 Å². The Morgan fingerprint density at radius 2 is 2.46 bits per heavy atom. The minimum absolute atomic E-state index is 0.133. The molecular formula is C10H14N2O. The molecule has 13 heavy (non-hydrogen) atoms. The SMILES string of the molecule is Cc1cccc([C@H]2CNCCO2)n1. The molecule has 0 unspecified atom stereocenters. The van der Waals surface area contributed by atoms with Crippen LogP contribution in [0, 0.1) is 6.92 Å². The maximum Gasteiger partial charge on any atom is 0.112 e. The zero-order valence-electron chi connectivity index (χ0n) is 7.79. The van der Waals surface area contributed by atoms with Gasteiger partial charge in [-0.15, -0.1) is 0 Å². The van der Waals surface area contributed by atoms with Crippen LogP contribution >= 0.6 is 0 Å². The molecule has 0 amide bonds. The van der Waals surface area contributed by atoms with Crippen molar-refractivity contribution in [2.24, 2.45) is 0 Å². The normalized spacial score (nSPS) is 23.0. The van der Waals surface area contributed by atoms with Crippen LogP contribution in [-0.4, -0.2) is 24.7 Å². The average Bonchev–Trinajstić information content (AvgIpc) is 2.19. The predicted octanol–water partition coefficient (Wildman–Crippen LogP) is 1.05. The van der Waals surface area contributed by atoms with Crippen molar-refractivity contribution in [1.82, 2.24) is 10.3 Å². The highest BCUT2D eigenvalue weighted by atomic mass is 16.5. The number of aryl methyl sites for hydroxylation is 1. The number of aromatic nitrogens is 1. The highest BCUT2D eigenvalue weighted by Crippen LogP contribution is 2.16. The first-order valence-corrected chi connectivity index (χ1v) is 4.62. The Hall–Kier alpha value is -0.930. The Morgan fingerprint density at radius 1 is 1.54 bits per heavy atom. The number of morpholine rings is 1. The zero-order valence-corrected chi connectivity index (χ0v) is 7.79. The van der Waals surface area contributed by atoms with E-state index in [-0.39, 0.29) is 6.10 Å². The molecule has 2 heterocycles. The number of hydrogen-bond acceptors (Lipinski definition) is 3. The zero-order chi connectivity index (χ0) is 9.10. The third-order valence-corrected chi connectivity index (χ3v) is 2.17. The summed E-state index contributed by atoms with van der Waals surface area (Å²) >= 11 is 0. The molecule has 1 N–H and O–H groups in total. The quantitative estimate of drug-likeness (QED) is 0.698. The predicted molar refractivity (Wildman–Crippen MR) is 50.5 cm³/mol. The maximum absolute atomic E-state index is 5.59. The van der Waals surface area contributed by atoms with Crippen molar-refractivity contribution in [2.75, 3.05) is 19.7 Å². The minimum Gasteiger partial charge on any atom is -0.369 e. The number of ether oxygens (including phenoxy) is 1. The summed E-state index contributed by atoms with van der Waals surface area (Å²) in [4.78, 5) is 4.43. The Labute approximate surface area is 78.1 Å². The highest BCUT2D eigenvalue weighted by molar-refractivity contribution is 5.12. The molecule has 1 atom stereocenters. The Morgan fingerprint density at radius 3 is 3.15 bits per heavy atom. The van der Waals surface area contributed by atoms with Crippen molar-refractivity contribution in [3.63, 3.8) is 0 Å². The van der Waals surface area contributed by atoms with E-state index in [1.165, 1.54) is 0 Å². The number of hydrogen-bond donors (Lipinski definition) is 1. The van der Waals surface area contributed by atoms with Crippen LogP contribution in [0.5, 0.6) is 0 Å². The Kier molecular flexibility index (Phi) is 2.57. The first-order valence-electron chi connectivity index (χ1n) is 4.62. The van der Waals surface area contributed by atoms with Crippen molar-refractivity contribution in [2.45, 2.75) is 13.0 Å². The Bertz CT molecular complexity index is 282. The molecular weight excluding hydrogens is 164 g/mol. The van der Waals surface area contributed by atoms with Crippen molar-refractivity contribution in [3.05, 3.63) is 29.6 Å². The van der Waals surface area contributed by atoms with Gasteiger partial charge in [-0.2, -0.15) is 0 Å². The molecule has 3 nitrogen and oxygen atoms in total. The first-order chi connectivity index (χ1) is 6.36. The standard InChI is InChI=1S/C10H14N2O/c1-8-3-2-4-9(12-8)10-7-11-5-6-13-10/h2-4,10-11H,5-7H2,1H3/t10-/m1/s1. The van der Waals surface area contributed by atoms with Gasteiger partial charge < -0.3 is 10.1 Å². The van der Waals surface area contributed by atoms with Gasteiger partial charge in [0, 0.05) is 18.8 Å². The van der Waals surface area contributed by atoms with E-state index >= 15 is 0 Å². The van der Waals surface area contributed by atoms with Gasteiger partial charge in [0.1, 0.15) is 6.10 Å². The third-order valence-electron chi connectivity index (χ3n) is 2.17. The van der Waals surface area contributed by atoms with Crippen LogP contribution in [0.1, 0.15) is 17.5 Å². The van der Waals surface area contributed by atoms with E-state index in [2.05, 4.69) is 10.3 Å². The van der Waals surface area contributed by atoms with Crippen LogP contribution < -0.4 is 5.32 Å². The maximum atomic E-state index is 5.59. The van der Waals surface area contributed by atoms with E-state index in [4.69, 9.17) is 4.74 Å². The molecule has 0 aliphatic carbocycles. The molecule has 3 heteroatoms. The van der Waals surface area contributed by atoms with Gasteiger partial charge in [0.05, 0.1) is 12.3 Å². The van der Waals surface area contributed by atoms with Gasteiger partial charge in [0.25, 0.3) is 0 Å². The number of nitrogens with zero attached hydrogens (tertiary/aromatic N) is 1. The summed E-state index contributed by atoms with van der Waals surface area (Å²) in [5, 5.41) is 3.29. The van der Waals surface area contributed by atoms with Crippen LogP contribution in [0.25, 0.3) is 0 Å². The molecule has 1 fully saturated rings. The van der Waals surface area contributed by atoms with Crippen LogP contribution in [-0.2, 0) is 4.74 Å². The van der Waals surface area contributed by atoms with Crippen molar-refractivity contribution >= 4 is 0 Å². The lowest BCUT2D eigenvalue weighted by atomic mass is 10.2. The van der Waals surface area contributed by atoms with Gasteiger partial charge in [-0.05, 0) is 19.1 Å². The molecule has 0 spiro atoms. The topological polar surface area (TPSA) is 34.1 Å². The number of rotatable bonds is 1. The van der Waals surface area contributed by atoms with E-state index in [1.54, 1.807) is 0 Å². The van der Waals surface area contributed by atoms with Crippen LogP contribution in [0.15, 0.2) is 18.2 Å². The van der Waals surface area contributed by atoms with Gasteiger partial charge in [-0.3, -0.25) is 4.98 Å². The summed E-state index contributed by atoms with van der Waals surface area (Å²) in [5.41, 5.74) is 2.08. The van der Waals surface area contributed by atoms with Crippen molar-refractivity contribution in [3.8, 4) is 0 Å². The Balaban J connectivity index is 2.14. The summed E-state index contributed by atoms with van der Waals surface area (Å²) in [6, 6.07) is 6.04. The van der Waals surface area contributed by atoms with E-state index in [9.17, 15) is 0 Å². The lowest BCUT2D eigenvalue weighted by molar-refractivity contribution is 0.0249. The summed E-state index contributed by atoms with van der Waals surface area (Å²) in [6.45, 7) is 4.60. The second-order valence-electron chi connectivity index (χ2n) is 3.27. The summed E-state index contributed by atoms with van der Waals surface area (Å²) in [7, 11) is 0. The minimum atomic E-state index is 0.133. The molecule has 1 saturated heterocycles. The molecule has 0 radical (unpaired) electrons. The molecule has 1 aliphatic heterocycles. The summed E-state index contributed by atoms with van der Waals surface area (Å²) < 4.78 is 5.59. The molecule has 0 aromatic carbocycles. The van der Waals surface area contributed by atoms with Crippen LogP contribution in [0.3, 0.4) is 0 Å². The van der Waals surface area contributed by atoms with Gasteiger partial charge in [-0.25, -0.2) is 0 Å². The molecule has 1 aromatic heterocycles. The molecule has 70 valence electrons. The van der Waals surface area contributed by atoms with Gasteiger partial charge in [0.15, 0.2) is 0 Å². The van der Waals surface area contributed by atoms with Crippen molar-refractivity contribution < 1.29 is 4.74 Å². The highest BCUT2D eigenvalue weighted by Gasteiger charge is 2.16. The van der Waals surface area contributed by atoms with Gasteiger partial charge in [-0.1, -0.05) is 6.07 Å². The third kappa shape index (κ3) is 2.05. The molecule has 1 aromatic rings. The summed E-state index contributed by atoms with van der Waals surface area (Å²) in [5.74, 6) is 0. The fraction of sp³-hybridized carbons (Fsp3) is 0.500. The monoisotopic (exact) mass is 178 g/mol. The van der Waals surface area contributed by atoms with Crippen molar-refractivity contribution in [1.29, 1.82) is 0 Å². The van der Waals surface area contributed by atoms with E-state index < -0.39 is 0 Å². The second-order valence-corrected chi connectivity index (χ2v) is 3.27. The van der Waals surface area contributed by atoms with Gasteiger partial charge >= 0.3 is 0 Å². The van der Waals surface area contributed by atoms with E-state index in [0.717, 1.165) is 31.1 Å². The lowest BCUT2D eigenvalue weighted by Gasteiger charge is -2.23. The average molecular weight is 178 g/mol. The fourth-order valence-electron chi connectivity index (χ4n) is 1.50. The summed E-state index contributed by atoms with van der Waals surface area (Å²) in [6.07, 6.45) is 0.133. The fourth-order valence-corrected chi connectivity index (χ4v) is 1.50. The smallest absolute Gasteiger partial charge is 0.112 e. The molecule has 2 rings (SSSR count). The lowest BCUT2D eigenvalue weighted by Crippen LogP contribution is -2.33. The van der Waals surface area contributed by atoms with E-state index in [1.807, 2.05) is 25.1 Å². The largest absolute Gasteiger partial charge is 0.369 e. The van der Waals surface area contributed by atoms with Crippen LogP contribution in [0.4, 0.5) is 0 Å². The number of pyridine rings is 1. The van der Waals surface area contributed by atoms with Crippen LogP contribution in [0.2, 0.25) is 0 Å². The molecule has 0 saturated carbocycles. The molecule has 1 aliphatic rings. The molecule has 0 bridgehead atoms. The number of nitrogens with one attached hydrogen (secondary N) is 1. The first kappa shape index (κ1) is 8.66.